The summed E-state index contributed by atoms with van der Waals surface area (Å²) in [5, 5.41) is 0. The van der Waals surface area contributed by atoms with Gasteiger partial charge in [0.1, 0.15) is 0 Å². The molecule has 0 N–H and O–H groups in total. The minimum absolute atomic E-state index is 0.0223. The van der Waals surface area contributed by atoms with Gasteiger partial charge in [0.25, 0.3) is 0 Å². The summed E-state index contributed by atoms with van der Waals surface area (Å²) in [5.74, 6) is 0. The molecule has 0 unspecified atom stereocenters. The van der Waals surface area contributed by atoms with Crippen molar-refractivity contribution < 1.29 is 0 Å². The molecule has 0 aliphatic rings. The van der Waals surface area contributed by atoms with E-state index in [9.17, 15) is 0 Å². The molecule has 0 fully saturated rings. The van der Waals surface area contributed by atoms with Crippen LogP contribution in [0.2, 0.25) is 0 Å². The van der Waals surface area contributed by atoms with Gasteiger partial charge < -0.3 is 0 Å². The first-order valence-corrected chi connectivity index (χ1v) is 6.19. The van der Waals surface area contributed by atoms with Crippen molar-refractivity contribution in [3.8, 4) is 0 Å². The number of fused-ring (bicyclic) bond motifs is 1. The van der Waals surface area contributed by atoms with E-state index in [2.05, 4.69) is 61.5 Å². The minimum atomic E-state index is -0.0223. The average Bonchev–Trinajstić information content (AvgIpc) is 2.25. The van der Waals surface area contributed by atoms with Crippen LogP contribution in [0.5, 0.6) is 0 Å². The van der Waals surface area contributed by atoms with Gasteiger partial charge in [-0.1, -0.05) is 41.5 Å². The molecular weight excluding hydrogens is 224 g/mol. The van der Waals surface area contributed by atoms with E-state index in [0.717, 1.165) is 11.4 Å². The molecule has 0 atom stereocenters. The maximum atomic E-state index is 4.53. The zero-order valence-corrected chi connectivity index (χ0v) is 11.9. The summed E-state index contributed by atoms with van der Waals surface area (Å²) in [5.41, 5.74) is 3.07. The quantitative estimate of drug-likeness (QED) is 0.714. The lowest BCUT2D eigenvalue weighted by Crippen LogP contribution is -2.17. The van der Waals surface area contributed by atoms with Crippen LogP contribution in [0, 0.1) is 0 Å². The van der Waals surface area contributed by atoms with Crippen molar-refractivity contribution in [2.24, 2.45) is 0 Å². The van der Waals surface area contributed by atoms with Crippen LogP contribution < -0.4 is 0 Å². The van der Waals surface area contributed by atoms with Gasteiger partial charge in [-0.3, -0.25) is 0 Å². The molecule has 0 saturated carbocycles. The van der Waals surface area contributed by atoms with Crippen molar-refractivity contribution in [2.75, 3.05) is 0 Å². The standard InChI is InChI=1S/C14H20N4/c1-13(2,3)9-7-15-12-11(17-9)16-8-10(18-12)14(4,5)6/h7-8H,1-6H3. The zero-order chi connectivity index (χ0) is 13.6. The first-order chi connectivity index (χ1) is 8.18. The molecule has 0 radical (unpaired) electrons. The molecule has 0 aromatic carbocycles. The second kappa shape index (κ2) is 3.97. The predicted molar refractivity (Wildman–Crippen MR) is 72.5 cm³/mol. The van der Waals surface area contributed by atoms with E-state index < -0.39 is 0 Å². The lowest BCUT2D eigenvalue weighted by Gasteiger charge is -2.19. The van der Waals surface area contributed by atoms with Crippen LogP contribution in [-0.2, 0) is 10.8 Å². The Bertz CT molecular complexity index is 523. The fourth-order valence-electron chi connectivity index (χ4n) is 1.53. The smallest absolute Gasteiger partial charge is 0.198 e. The van der Waals surface area contributed by atoms with Crippen molar-refractivity contribution >= 4 is 11.3 Å². The molecule has 2 heterocycles. The number of nitrogens with zero attached hydrogens (tertiary/aromatic N) is 4. The van der Waals surface area contributed by atoms with Gasteiger partial charge in [-0.25, -0.2) is 19.9 Å². The van der Waals surface area contributed by atoms with Gasteiger partial charge in [-0.2, -0.15) is 0 Å². The second-order valence-electron chi connectivity index (χ2n) is 6.66. The Balaban J connectivity index is 2.56. The molecular formula is C14H20N4. The third kappa shape index (κ3) is 2.47. The van der Waals surface area contributed by atoms with Crippen molar-refractivity contribution in [1.29, 1.82) is 0 Å². The fourth-order valence-corrected chi connectivity index (χ4v) is 1.53. The van der Waals surface area contributed by atoms with E-state index in [-0.39, 0.29) is 10.8 Å². The van der Waals surface area contributed by atoms with Crippen LogP contribution in [0.15, 0.2) is 12.4 Å². The number of hydrogen-bond donors (Lipinski definition) is 0. The Morgan fingerprint density at radius 1 is 0.667 bits per heavy atom. The third-order valence-corrected chi connectivity index (χ3v) is 2.81. The SMILES string of the molecule is CC(C)(C)c1cnc2nc(C(C)(C)C)cnc2n1. The van der Waals surface area contributed by atoms with Crippen molar-refractivity contribution in [3.05, 3.63) is 23.8 Å². The van der Waals surface area contributed by atoms with Crippen LogP contribution in [0.25, 0.3) is 11.3 Å². The average molecular weight is 244 g/mol. The lowest BCUT2D eigenvalue weighted by molar-refractivity contribution is 0.561. The van der Waals surface area contributed by atoms with Crippen LogP contribution in [0.3, 0.4) is 0 Å². The largest absolute Gasteiger partial charge is 0.232 e. The number of rotatable bonds is 0. The molecule has 0 bridgehead atoms. The fraction of sp³-hybridized carbons (Fsp3) is 0.571. The van der Waals surface area contributed by atoms with Gasteiger partial charge in [-0.15, -0.1) is 0 Å². The van der Waals surface area contributed by atoms with Gasteiger partial charge in [-0.05, 0) is 0 Å². The molecule has 2 aromatic heterocycles. The summed E-state index contributed by atoms with van der Waals surface area (Å²) in [6.07, 6.45) is 3.59. The molecule has 2 aromatic rings. The van der Waals surface area contributed by atoms with Gasteiger partial charge in [0, 0.05) is 10.8 Å². The highest BCUT2D eigenvalue weighted by Gasteiger charge is 2.19. The highest BCUT2D eigenvalue weighted by Crippen LogP contribution is 2.22. The Morgan fingerprint density at radius 3 is 1.28 bits per heavy atom. The van der Waals surface area contributed by atoms with Gasteiger partial charge in [0.05, 0.1) is 23.8 Å². The van der Waals surface area contributed by atoms with E-state index in [0.29, 0.717) is 11.3 Å². The molecule has 4 nitrogen and oxygen atoms in total. The molecule has 0 aliphatic carbocycles. The Labute approximate surface area is 108 Å². The lowest BCUT2D eigenvalue weighted by atomic mass is 9.92. The molecule has 0 saturated heterocycles. The number of aromatic nitrogens is 4. The molecule has 0 aliphatic heterocycles. The molecule has 0 spiro atoms. The van der Waals surface area contributed by atoms with Gasteiger partial charge >= 0.3 is 0 Å². The summed E-state index contributed by atoms with van der Waals surface area (Å²) in [6.45, 7) is 12.7. The summed E-state index contributed by atoms with van der Waals surface area (Å²) >= 11 is 0. The Morgan fingerprint density at radius 2 is 1.00 bits per heavy atom. The molecule has 4 heteroatoms. The highest BCUT2D eigenvalue weighted by atomic mass is 15.0. The van der Waals surface area contributed by atoms with E-state index in [1.54, 1.807) is 12.4 Å². The minimum Gasteiger partial charge on any atom is -0.232 e. The Hall–Kier alpha value is -1.58. The van der Waals surface area contributed by atoms with Crippen molar-refractivity contribution in [2.45, 2.75) is 52.4 Å². The van der Waals surface area contributed by atoms with Crippen LogP contribution in [0.1, 0.15) is 52.9 Å². The molecule has 18 heavy (non-hydrogen) atoms. The third-order valence-electron chi connectivity index (χ3n) is 2.81. The van der Waals surface area contributed by atoms with Crippen molar-refractivity contribution in [1.82, 2.24) is 19.9 Å². The van der Waals surface area contributed by atoms with E-state index in [1.807, 2.05) is 0 Å². The molecule has 0 amide bonds. The van der Waals surface area contributed by atoms with E-state index in [1.165, 1.54) is 0 Å². The van der Waals surface area contributed by atoms with E-state index >= 15 is 0 Å². The molecule has 2 rings (SSSR count). The Kier molecular flexibility index (Phi) is 2.84. The first kappa shape index (κ1) is 12.9. The predicted octanol–water partition coefficient (Wildman–Crippen LogP) is 3.01. The summed E-state index contributed by atoms with van der Waals surface area (Å²) in [7, 11) is 0. The zero-order valence-electron chi connectivity index (χ0n) is 11.9. The molecule has 96 valence electrons. The van der Waals surface area contributed by atoms with Crippen LogP contribution in [0.4, 0.5) is 0 Å². The monoisotopic (exact) mass is 244 g/mol. The van der Waals surface area contributed by atoms with Crippen LogP contribution in [-0.4, -0.2) is 19.9 Å². The van der Waals surface area contributed by atoms with E-state index in [4.69, 9.17) is 0 Å². The maximum absolute atomic E-state index is 4.53. The normalized spacial score (nSPS) is 13.0. The van der Waals surface area contributed by atoms with Gasteiger partial charge in [0.2, 0.25) is 0 Å². The first-order valence-electron chi connectivity index (χ1n) is 6.19. The summed E-state index contributed by atoms with van der Waals surface area (Å²) in [6, 6.07) is 0. The topological polar surface area (TPSA) is 51.6 Å². The highest BCUT2D eigenvalue weighted by molar-refractivity contribution is 5.64. The second-order valence-corrected chi connectivity index (χ2v) is 6.66. The summed E-state index contributed by atoms with van der Waals surface area (Å²) in [4.78, 5) is 17.8. The summed E-state index contributed by atoms with van der Waals surface area (Å²) < 4.78 is 0. The van der Waals surface area contributed by atoms with Crippen LogP contribution >= 0.6 is 0 Å². The number of hydrogen-bond acceptors (Lipinski definition) is 4. The van der Waals surface area contributed by atoms with Gasteiger partial charge in [0.15, 0.2) is 11.3 Å². The maximum Gasteiger partial charge on any atom is 0.198 e. The van der Waals surface area contributed by atoms with Crippen molar-refractivity contribution in [3.63, 3.8) is 0 Å².